The number of H-pyrrole nitrogens is 1. The number of pyridine rings is 1. The Morgan fingerprint density at radius 1 is 1.03 bits per heavy atom. The van der Waals surface area contributed by atoms with E-state index >= 15 is 0 Å². The van der Waals surface area contributed by atoms with Gasteiger partial charge in [0.25, 0.3) is 11.5 Å². The topological polar surface area (TPSA) is 75.9 Å². The Labute approximate surface area is 166 Å². The lowest BCUT2D eigenvalue weighted by molar-refractivity contribution is 0.0747. The summed E-state index contributed by atoms with van der Waals surface area (Å²) in [5.74, 6) is 0.627. The fraction of sp³-hybridized carbons (Fsp3) is 0.136. The molecule has 3 aromatic heterocycles. The van der Waals surface area contributed by atoms with Crippen LogP contribution in [0, 0.1) is 6.92 Å². The monoisotopic (exact) mass is 385 g/mol. The van der Waals surface area contributed by atoms with Crippen LogP contribution in [0.1, 0.15) is 27.2 Å². The molecule has 0 saturated carbocycles. The number of carbonyl (C=O) groups excluding carboxylic acids is 1. The van der Waals surface area contributed by atoms with Crippen LogP contribution in [0.15, 0.2) is 71.9 Å². The smallest absolute Gasteiger partial charge is 0.260 e. The lowest BCUT2D eigenvalue weighted by Gasteiger charge is -2.17. The highest BCUT2D eigenvalue weighted by molar-refractivity contribution is 5.94. The molecule has 1 aromatic carbocycles. The Hall–Kier alpha value is -3.87. The summed E-state index contributed by atoms with van der Waals surface area (Å²) in [6.45, 7) is 2.83. The van der Waals surface area contributed by atoms with Gasteiger partial charge in [-0.3, -0.25) is 9.59 Å². The minimum absolute atomic E-state index is 0.145. The summed E-state index contributed by atoms with van der Waals surface area (Å²) in [5, 5.41) is 4.84. The van der Waals surface area contributed by atoms with E-state index in [2.05, 4.69) is 18.0 Å². The molecule has 29 heavy (non-hydrogen) atoms. The van der Waals surface area contributed by atoms with Gasteiger partial charge in [-0.25, -0.2) is 4.68 Å². The average molecular weight is 385 g/mol. The van der Waals surface area contributed by atoms with Crippen molar-refractivity contribution in [2.45, 2.75) is 20.0 Å². The fourth-order valence-corrected chi connectivity index (χ4v) is 3.82. The summed E-state index contributed by atoms with van der Waals surface area (Å²) in [6, 6.07) is 15.2. The number of aromatic nitrogens is 4. The Bertz CT molecular complexity index is 1270. The van der Waals surface area contributed by atoms with Crippen molar-refractivity contribution in [3.8, 4) is 11.5 Å². The van der Waals surface area contributed by atoms with Crippen molar-refractivity contribution in [3.05, 3.63) is 99.9 Å². The number of carbonyl (C=O) groups is 1. The molecule has 0 aliphatic carbocycles. The molecule has 0 unspecified atom stereocenters. The van der Waals surface area contributed by atoms with Gasteiger partial charge in [-0.2, -0.15) is 5.10 Å². The number of aryl methyl sites for hydroxylation is 1. The van der Waals surface area contributed by atoms with E-state index in [1.165, 1.54) is 6.20 Å². The third kappa shape index (κ3) is 2.79. The highest BCUT2D eigenvalue weighted by atomic mass is 16.2. The molecular formula is C22H19N5O2. The van der Waals surface area contributed by atoms with E-state index in [4.69, 9.17) is 5.10 Å². The molecule has 0 bridgehead atoms. The molecule has 0 atom stereocenters. The first-order chi connectivity index (χ1) is 14.1. The van der Waals surface area contributed by atoms with E-state index in [0.29, 0.717) is 13.1 Å². The molecule has 1 N–H and O–H groups in total. The van der Waals surface area contributed by atoms with Gasteiger partial charge in [0, 0.05) is 24.2 Å². The first kappa shape index (κ1) is 17.2. The first-order valence-corrected chi connectivity index (χ1v) is 9.40. The molecule has 0 saturated heterocycles. The van der Waals surface area contributed by atoms with Crippen molar-refractivity contribution < 1.29 is 4.79 Å². The van der Waals surface area contributed by atoms with Gasteiger partial charge in [-0.15, -0.1) is 0 Å². The van der Waals surface area contributed by atoms with Crippen molar-refractivity contribution in [1.29, 1.82) is 0 Å². The number of benzene rings is 1. The van der Waals surface area contributed by atoms with Crippen LogP contribution >= 0.6 is 0 Å². The molecule has 0 fully saturated rings. The molecule has 0 radical (unpaired) electrons. The Morgan fingerprint density at radius 3 is 2.59 bits per heavy atom. The predicted octanol–water partition coefficient (Wildman–Crippen LogP) is 2.82. The second-order valence-corrected chi connectivity index (χ2v) is 7.11. The minimum Gasteiger partial charge on any atom is -0.328 e. The SMILES string of the molecule is Cc1ccccc1-n1nc2c(c1-n1cccc1)CN(C(=O)c1ccc[nH]c1=O)C2. The van der Waals surface area contributed by atoms with E-state index in [-0.39, 0.29) is 17.0 Å². The van der Waals surface area contributed by atoms with Crippen molar-refractivity contribution in [1.82, 2.24) is 24.2 Å². The molecular weight excluding hydrogens is 366 g/mol. The molecule has 1 amide bonds. The van der Waals surface area contributed by atoms with E-state index in [0.717, 1.165) is 28.3 Å². The summed E-state index contributed by atoms with van der Waals surface area (Å²) in [7, 11) is 0. The molecule has 1 aliphatic rings. The Morgan fingerprint density at radius 2 is 1.83 bits per heavy atom. The molecule has 0 spiro atoms. The molecule has 7 heteroatoms. The van der Waals surface area contributed by atoms with Crippen molar-refractivity contribution in [2.24, 2.45) is 0 Å². The van der Waals surface area contributed by atoms with Gasteiger partial charge in [-0.05, 0) is 42.8 Å². The summed E-state index contributed by atoms with van der Waals surface area (Å²) in [6.07, 6.45) is 5.46. The van der Waals surface area contributed by atoms with Gasteiger partial charge < -0.3 is 14.5 Å². The lowest BCUT2D eigenvalue weighted by atomic mass is 10.2. The van der Waals surface area contributed by atoms with Crippen LogP contribution in [0.4, 0.5) is 0 Å². The van der Waals surface area contributed by atoms with Gasteiger partial charge in [-0.1, -0.05) is 18.2 Å². The fourth-order valence-electron chi connectivity index (χ4n) is 3.82. The highest BCUT2D eigenvalue weighted by Gasteiger charge is 2.32. The quantitative estimate of drug-likeness (QED) is 0.589. The number of amides is 1. The number of hydrogen-bond donors (Lipinski definition) is 1. The van der Waals surface area contributed by atoms with Crippen molar-refractivity contribution >= 4 is 5.91 Å². The molecule has 1 aliphatic heterocycles. The summed E-state index contributed by atoms with van der Waals surface area (Å²) < 4.78 is 3.96. The van der Waals surface area contributed by atoms with Gasteiger partial charge in [0.15, 0.2) is 0 Å². The lowest BCUT2D eigenvalue weighted by Crippen LogP contribution is -2.31. The van der Waals surface area contributed by atoms with E-state index in [1.807, 2.05) is 52.0 Å². The van der Waals surface area contributed by atoms with Crippen LogP contribution in [0.2, 0.25) is 0 Å². The van der Waals surface area contributed by atoms with Gasteiger partial charge in [0.1, 0.15) is 11.4 Å². The van der Waals surface area contributed by atoms with E-state index in [9.17, 15) is 9.59 Å². The number of hydrogen-bond acceptors (Lipinski definition) is 3. The molecule has 4 aromatic rings. The number of rotatable bonds is 3. The number of nitrogens with one attached hydrogen (secondary N) is 1. The van der Waals surface area contributed by atoms with Crippen LogP contribution in [-0.2, 0) is 13.1 Å². The third-order valence-corrected chi connectivity index (χ3v) is 5.26. The molecule has 4 heterocycles. The first-order valence-electron chi connectivity index (χ1n) is 9.40. The zero-order valence-electron chi connectivity index (χ0n) is 15.9. The van der Waals surface area contributed by atoms with Crippen molar-refractivity contribution in [3.63, 3.8) is 0 Å². The average Bonchev–Trinajstić information content (AvgIpc) is 3.44. The normalized spacial score (nSPS) is 12.9. The van der Waals surface area contributed by atoms with Gasteiger partial charge >= 0.3 is 0 Å². The zero-order valence-corrected chi connectivity index (χ0v) is 15.9. The number of para-hydroxylation sites is 1. The van der Waals surface area contributed by atoms with Crippen LogP contribution in [0.3, 0.4) is 0 Å². The number of aromatic amines is 1. The third-order valence-electron chi connectivity index (χ3n) is 5.26. The second-order valence-electron chi connectivity index (χ2n) is 7.11. The molecule has 144 valence electrons. The maximum atomic E-state index is 12.9. The van der Waals surface area contributed by atoms with Crippen LogP contribution in [-0.4, -0.2) is 30.1 Å². The van der Waals surface area contributed by atoms with Gasteiger partial charge in [0.05, 0.1) is 24.5 Å². The number of fused-ring (bicyclic) bond motifs is 1. The summed E-state index contributed by atoms with van der Waals surface area (Å²) in [4.78, 5) is 29.2. The number of nitrogens with zero attached hydrogens (tertiary/aromatic N) is 4. The summed E-state index contributed by atoms with van der Waals surface area (Å²) >= 11 is 0. The maximum Gasteiger partial charge on any atom is 0.260 e. The largest absolute Gasteiger partial charge is 0.328 e. The predicted molar refractivity (Wildman–Crippen MR) is 108 cm³/mol. The van der Waals surface area contributed by atoms with Gasteiger partial charge in [0.2, 0.25) is 0 Å². The second kappa shape index (κ2) is 6.63. The molecule has 5 rings (SSSR count). The maximum absolute atomic E-state index is 12.9. The minimum atomic E-state index is -0.377. The van der Waals surface area contributed by atoms with Crippen LogP contribution < -0.4 is 5.56 Å². The van der Waals surface area contributed by atoms with Crippen LogP contribution in [0.5, 0.6) is 0 Å². The van der Waals surface area contributed by atoms with E-state index in [1.54, 1.807) is 17.0 Å². The van der Waals surface area contributed by atoms with Crippen LogP contribution in [0.25, 0.3) is 11.5 Å². The highest BCUT2D eigenvalue weighted by Crippen LogP contribution is 2.31. The Balaban J connectivity index is 1.58. The zero-order chi connectivity index (χ0) is 20.0. The molecule has 7 nitrogen and oxygen atoms in total. The Kier molecular flexibility index (Phi) is 3.94. The summed E-state index contributed by atoms with van der Waals surface area (Å²) in [5.41, 5.74) is 3.72. The standard InChI is InChI=1S/C22H19N5O2/c1-15-7-2-3-9-19(15)27-21(25-11-4-5-12-25)17-13-26(14-18(17)24-27)22(29)16-8-6-10-23-20(16)28/h2-12H,13-14H2,1H3,(H,23,28). The van der Waals surface area contributed by atoms with Crippen molar-refractivity contribution in [2.75, 3.05) is 0 Å². The van der Waals surface area contributed by atoms with E-state index < -0.39 is 0 Å².